The molecule has 1 fully saturated rings. The normalized spacial score (nSPS) is 26.5. The van der Waals surface area contributed by atoms with Crippen LogP contribution in [0.25, 0.3) is 10.4 Å². The lowest BCUT2D eigenvalue weighted by Crippen LogP contribution is -2.24. The standard InChI is InChI=1S/C10H20N4O/c1-3-15-8-10-7-14(6-9(10)2)5-4-12-13-11/h9-10H,3-8H2,1-2H3/t9-,10-/m0/s1. The second-order valence-electron chi connectivity index (χ2n) is 4.11. The van der Waals surface area contributed by atoms with Gasteiger partial charge in [0.2, 0.25) is 0 Å². The highest BCUT2D eigenvalue weighted by atomic mass is 16.5. The zero-order valence-electron chi connectivity index (χ0n) is 9.59. The molecule has 0 aromatic heterocycles. The first-order valence-corrected chi connectivity index (χ1v) is 5.58. The fourth-order valence-corrected chi connectivity index (χ4v) is 2.04. The Kier molecular flexibility index (Phi) is 5.47. The molecule has 1 heterocycles. The van der Waals surface area contributed by atoms with Crippen LogP contribution in [0.1, 0.15) is 13.8 Å². The molecule has 0 aromatic carbocycles. The molecule has 1 aliphatic heterocycles. The van der Waals surface area contributed by atoms with Crippen molar-refractivity contribution in [2.24, 2.45) is 17.0 Å². The molecule has 15 heavy (non-hydrogen) atoms. The fraction of sp³-hybridized carbons (Fsp3) is 1.00. The molecule has 1 rings (SSSR count). The Hall–Kier alpha value is -0.770. The van der Waals surface area contributed by atoms with Gasteiger partial charge in [-0.2, -0.15) is 0 Å². The molecule has 2 atom stereocenters. The molecule has 1 aliphatic rings. The summed E-state index contributed by atoms with van der Waals surface area (Å²) in [6.07, 6.45) is 0. The highest BCUT2D eigenvalue weighted by Crippen LogP contribution is 2.22. The summed E-state index contributed by atoms with van der Waals surface area (Å²) in [6, 6.07) is 0. The molecule has 0 spiro atoms. The van der Waals surface area contributed by atoms with Crippen LogP contribution in [-0.4, -0.2) is 44.3 Å². The Morgan fingerprint density at radius 2 is 2.33 bits per heavy atom. The molecular formula is C10H20N4O. The van der Waals surface area contributed by atoms with Crippen molar-refractivity contribution in [2.75, 3.05) is 39.4 Å². The number of rotatable bonds is 6. The number of ether oxygens (including phenoxy) is 1. The van der Waals surface area contributed by atoms with Gasteiger partial charge in [0.05, 0.1) is 6.61 Å². The van der Waals surface area contributed by atoms with E-state index in [0.29, 0.717) is 18.4 Å². The predicted molar refractivity (Wildman–Crippen MR) is 59.6 cm³/mol. The van der Waals surface area contributed by atoms with Gasteiger partial charge in [0.25, 0.3) is 0 Å². The zero-order valence-corrected chi connectivity index (χ0v) is 9.59. The van der Waals surface area contributed by atoms with Crippen molar-refractivity contribution in [3.63, 3.8) is 0 Å². The minimum Gasteiger partial charge on any atom is -0.381 e. The molecular weight excluding hydrogens is 192 g/mol. The van der Waals surface area contributed by atoms with Gasteiger partial charge in [0, 0.05) is 37.7 Å². The average Bonchev–Trinajstić information content (AvgIpc) is 2.57. The Bertz CT molecular complexity index is 227. The number of likely N-dealkylation sites (tertiary alicyclic amines) is 1. The summed E-state index contributed by atoms with van der Waals surface area (Å²) < 4.78 is 5.45. The van der Waals surface area contributed by atoms with E-state index in [1.165, 1.54) is 0 Å². The lowest BCUT2D eigenvalue weighted by Gasteiger charge is -2.14. The summed E-state index contributed by atoms with van der Waals surface area (Å²) in [7, 11) is 0. The van der Waals surface area contributed by atoms with Crippen LogP contribution in [0, 0.1) is 11.8 Å². The minimum absolute atomic E-state index is 0.574. The second-order valence-corrected chi connectivity index (χ2v) is 4.11. The van der Waals surface area contributed by atoms with Crippen LogP contribution < -0.4 is 0 Å². The van der Waals surface area contributed by atoms with Gasteiger partial charge in [-0.05, 0) is 24.3 Å². The van der Waals surface area contributed by atoms with E-state index in [1.807, 2.05) is 6.92 Å². The first kappa shape index (κ1) is 12.3. The molecule has 0 amide bonds. The number of hydrogen-bond acceptors (Lipinski definition) is 3. The maximum Gasteiger partial charge on any atom is 0.0509 e. The molecule has 5 heteroatoms. The van der Waals surface area contributed by atoms with Gasteiger partial charge in [0.15, 0.2) is 0 Å². The van der Waals surface area contributed by atoms with Crippen LogP contribution in [0.15, 0.2) is 5.11 Å². The third kappa shape index (κ3) is 4.08. The Labute approximate surface area is 91.0 Å². The van der Waals surface area contributed by atoms with Crippen LogP contribution in [-0.2, 0) is 4.74 Å². The molecule has 0 bridgehead atoms. The highest BCUT2D eigenvalue weighted by molar-refractivity contribution is 4.81. The largest absolute Gasteiger partial charge is 0.381 e. The molecule has 0 saturated carbocycles. The van der Waals surface area contributed by atoms with Crippen molar-refractivity contribution in [3.05, 3.63) is 10.4 Å². The molecule has 0 unspecified atom stereocenters. The molecule has 0 aliphatic carbocycles. The SMILES string of the molecule is CCOC[C@@H]1CN(CCN=[N+]=[N-])C[C@@H]1C. The Balaban J connectivity index is 2.24. The van der Waals surface area contributed by atoms with E-state index in [4.69, 9.17) is 10.3 Å². The topological polar surface area (TPSA) is 61.2 Å². The van der Waals surface area contributed by atoms with Crippen LogP contribution >= 0.6 is 0 Å². The van der Waals surface area contributed by atoms with Crippen molar-refractivity contribution >= 4 is 0 Å². The minimum atomic E-state index is 0.574. The maximum absolute atomic E-state index is 8.18. The van der Waals surface area contributed by atoms with Crippen LogP contribution in [0.2, 0.25) is 0 Å². The van der Waals surface area contributed by atoms with E-state index < -0.39 is 0 Å². The summed E-state index contributed by atoms with van der Waals surface area (Å²) in [5.41, 5.74) is 8.18. The van der Waals surface area contributed by atoms with Gasteiger partial charge in [-0.3, -0.25) is 0 Å². The van der Waals surface area contributed by atoms with Gasteiger partial charge in [-0.25, -0.2) is 0 Å². The summed E-state index contributed by atoms with van der Waals surface area (Å²) in [5, 5.41) is 3.56. The van der Waals surface area contributed by atoms with E-state index in [9.17, 15) is 0 Å². The average molecular weight is 212 g/mol. The lowest BCUT2D eigenvalue weighted by molar-refractivity contribution is 0.102. The molecule has 0 radical (unpaired) electrons. The van der Waals surface area contributed by atoms with E-state index in [2.05, 4.69) is 21.8 Å². The Morgan fingerprint density at radius 1 is 1.53 bits per heavy atom. The number of hydrogen-bond donors (Lipinski definition) is 0. The lowest BCUT2D eigenvalue weighted by atomic mass is 9.99. The summed E-state index contributed by atoms with van der Waals surface area (Å²) in [4.78, 5) is 5.11. The van der Waals surface area contributed by atoms with Gasteiger partial charge in [-0.1, -0.05) is 12.0 Å². The van der Waals surface area contributed by atoms with Gasteiger partial charge < -0.3 is 9.64 Å². The Morgan fingerprint density at radius 3 is 3.00 bits per heavy atom. The van der Waals surface area contributed by atoms with E-state index in [0.717, 1.165) is 32.8 Å². The van der Waals surface area contributed by atoms with Gasteiger partial charge >= 0.3 is 0 Å². The molecule has 0 N–H and O–H groups in total. The first-order valence-electron chi connectivity index (χ1n) is 5.58. The van der Waals surface area contributed by atoms with E-state index in [-0.39, 0.29) is 0 Å². The highest BCUT2D eigenvalue weighted by Gasteiger charge is 2.28. The monoisotopic (exact) mass is 212 g/mol. The maximum atomic E-state index is 8.18. The third-order valence-corrected chi connectivity index (χ3v) is 2.96. The summed E-state index contributed by atoms with van der Waals surface area (Å²) in [6.45, 7) is 9.55. The quantitative estimate of drug-likeness (QED) is 0.383. The zero-order chi connectivity index (χ0) is 11.1. The van der Waals surface area contributed by atoms with Gasteiger partial charge in [-0.15, -0.1) is 0 Å². The second kappa shape index (κ2) is 6.67. The van der Waals surface area contributed by atoms with E-state index in [1.54, 1.807) is 0 Å². The molecule has 86 valence electrons. The van der Waals surface area contributed by atoms with Crippen molar-refractivity contribution in [1.82, 2.24) is 4.90 Å². The van der Waals surface area contributed by atoms with E-state index >= 15 is 0 Å². The number of nitrogens with zero attached hydrogens (tertiary/aromatic N) is 4. The van der Waals surface area contributed by atoms with Crippen LogP contribution in [0.4, 0.5) is 0 Å². The third-order valence-electron chi connectivity index (χ3n) is 2.96. The van der Waals surface area contributed by atoms with Crippen LogP contribution in [0.5, 0.6) is 0 Å². The van der Waals surface area contributed by atoms with Crippen LogP contribution in [0.3, 0.4) is 0 Å². The molecule has 5 nitrogen and oxygen atoms in total. The van der Waals surface area contributed by atoms with Crippen molar-refractivity contribution < 1.29 is 4.74 Å². The van der Waals surface area contributed by atoms with Crippen molar-refractivity contribution in [1.29, 1.82) is 0 Å². The molecule has 0 aromatic rings. The van der Waals surface area contributed by atoms with Crippen molar-refractivity contribution in [2.45, 2.75) is 13.8 Å². The smallest absolute Gasteiger partial charge is 0.0509 e. The van der Waals surface area contributed by atoms with Gasteiger partial charge in [0.1, 0.15) is 0 Å². The number of azide groups is 1. The predicted octanol–water partition coefficient (Wildman–Crippen LogP) is 1.90. The fourth-order valence-electron chi connectivity index (χ4n) is 2.04. The summed E-state index contributed by atoms with van der Waals surface area (Å²) >= 11 is 0. The first-order chi connectivity index (χ1) is 7.27. The molecule has 1 saturated heterocycles. The summed E-state index contributed by atoms with van der Waals surface area (Å²) in [5.74, 6) is 1.32. The van der Waals surface area contributed by atoms with Crippen molar-refractivity contribution in [3.8, 4) is 0 Å².